The highest BCUT2D eigenvalue weighted by atomic mass is 16.5. The van der Waals surface area contributed by atoms with Gasteiger partial charge in [-0.3, -0.25) is 9.67 Å². The van der Waals surface area contributed by atoms with Crippen LogP contribution in [0.3, 0.4) is 0 Å². The summed E-state index contributed by atoms with van der Waals surface area (Å²) in [5, 5.41) is 9.76. The molecule has 25 heavy (non-hydrogen) atoms. The number of benzene rings is 1. The monoisotopic (exact) mass is 337 g/mol. The van der Waals surface area contributed by atoms with E-state index in [1.54, 1.807) is 37.4 Å². The summed E-state index contributed by atoms with van der Waals surface area (Å²) in [5.74, 6) is 0.680. The van der Waals surface area contributed by atoms with Gasteiger partial charge in [0.05, 0.1) is 24.7 Å². The number of aromatic nitrogens is 3. The molecule has 7 heteroatoms. The van der Waals surface area contributed by atoms with E-state index in [1.807, 2.05) is 42.5 Å². The number of urea groups is 1. The molecule has 0 aliphatic carbocycles. The zero-order valence-corrected chi connectivity index (χ0v) is 14.0. The van der Waals surface area contributed by atoms with Crippen LogP contribution in [0.15, 0.2) is 61.1 Å². The minimum Gasteiger partial charge on any atom is -0.496 e. The van der Waals surface area contributed by atoms with Crippen LogP contribution in [0.25, 0.3) is 0 Å². The number of methoxy groups -OCH3 is 1. The number of hydrogen-bond acceptors (Lipinski definition) is 4. The lowest BCUT2D eigenvalue weighted by atomic mass is 10.0. The Labute approximate surface area is 145 Å². The number of nitrogens with one attached hydrogen (secondary N) is 2. The summed E-state index contributed by atoms with van der Waals surface area (Å²) >= 11 is 0. The summed E-state index contributed by atoms with van der Waals surface area (Å²) in [7, 11) is 3.39. The number of nitrogens with zero attached hydrogens (tertiary/aromatic N) is 3. The molecule has 3 aromatic rings. The van der Waals surface area contributed by atoms with Crippen LogP contribution in [0.5, 0.6) is 5.75 Å². The number of hydrogen-bond donors (Lipinski definition) is 2. The highest BCUT2D eigenvalue weighted by Gasteiger charge is 2.21. The molecule has 0 saturated carbocycles. The Bertz CT molecular complexity index is 847. The van der Waals surface area contributed by atoms with Gasteiger partial charge in [0, 0.05) is 25.0 Å². The molecule has 0 radical (unpaired) electrons. The molecule has 2 N–H and O–H groups in total. The SMILES string of the molecule is COc1ccccc1C(NC(=O)Nc1cnn(C)c1)c1ccccn1. The number of para-hydroxylation sites is 1. The lowest BCUT2D eigenvalue weighted by molar-refractivity contribution is 0.249. The number of ether oxygens (including phenoxy) is 1. The predicted molar refractivity (Wildman–Crippen MR) is 94.4 cm³/mol. The van der Waals surface area contributed by atoms with Crippen molar-refractivity contribution in [1.82, 2.24) is 20.1 Å². The summed E-state index contributed by atoms with van der Waals surface area (Å²) < 4.78 is 7.06. The first kappa shape index (κ1) is 16.5. The third-order valence-corrected chi connectivity index (χ3v) is 3.67. The maximum atomic E-state index is 12.5. The third kappa shape index (κ3) is 3.95. The van der Waals surface area contributed by atoms with Crippen molar-refractivity contribution in [2.45, 2.75) is 6.04 Å². The second kappa shape index (κ2) is 7.48. The van der Waals surface area contributed by atoms with E-state index in [-0.39, 0.29) is 6.03 Å². The van der Waals surface area contributed by atoms with Gasteiger partial charge < -0.3 is 15.4 Å². The Hall–Kier alpha value is -3.35. The first-order valence-corrected chi connectivity index (χ1v) is 7.77. The number of amides is 2. The summed E-state index contributed by atoms with van der Waals surface area (Å²) in [5.41, 5.74) is 2.15. The van der Waals surface area contributed by atoms with Gasteiger partial charge in [0.15, 0.2) is 0 Å². The van der Waals surface area contributed by atoms with Crippen LogP contribution in [0, 0.1) is 0 Å². The van der Waals surface area contributed by atoms with E-state index in [4.69, 9.17) is 4.74 Å². The summed E-state index contributed by atoms with van der Waals surface area (Å²) in [6.45, 7) is 0. The van der Waals surface area contributed by atoms with Crippen LogP contribution >= 0.6 is 0 Å². The second-order valence-corrected chi connectivity index (χ2v) is 5.43. The van der Waals surface area contributed by atoms with E-state index in [1.165, 1.54) is 0 Å². The van der Waals surface area contributed by atoms with Crippen molar-refractivity contribution >= 4 is 11.7 Å². The number of carbonyl (C=O) groups is 1. The minimum absolute atomic E-state index is 0.352. The second-order valence-electron chi connectivity index (χ2n) is 5.43. The fourth-order valence-corrected chi connectivity index (χ4v) is 2.55. The fourth-order valence-electron chi connectivity index (χ4n) is 2.55. The van der Waals surface area contributed by atoms with Crippen LogP contribution in [0.1, 0.15) is 17.3 Å². The molecular formula is C18H19N5O2. The van der Waals surface area contributed by atoms with Crippen LogP contribution < -0.4 is 15.4 Å². The van der Waals surface area contributed by atoms with Crippen molar-refractivity contribution in [3.63, 3.8) is 0 Å². The van der Waals surface area contributed by atoms with Gasteiger partial charge in [0.2, 0.25) is 0 Å². The topological polar surface area (TPSA) is 81.1 Å². The molecular weight excluding hydrogens is 318 g/mol. The van der Waals surface area contributed by atoms with Gasteiger partial charge in [0.1, 0.15) is 11.8 Å². The number of pyridine rings is 1. The van der Waals surface area contributed by atoms with Gasteiger partial charge >= 0.3 is 6.03 Å². The lowest BCUT2D eigenvalue weighted by Gasteiger charge is -2.21. The molecule has 0 aliphatic heterocycles. The lowest BCUT2D eigenvalue weighted by Crippen LogP contribution is -2.33. The average Bonchev–Trinajstić information content (AvgIpc) is 3.05. The molecule has 1 aromatic carbocycles. The Morgan fingerprint density at radius 3 is 2.68 bits per heavy atom. The van der Waals surface area contributed by atoms with Gasteiger partial charge in [-0.25, -0.2) is 4.79 Å². The van der Waals surface area contributed by atoms with Crippen LogP contribution in [0.2, 0.25) is 0 Å². The molecule has 2 amide bonds. The van der Waals surface area contributed by atoms with Gasteiger partial charge in [0.25, 0.3) is 0 Å². The zero-order chi connectivity index (χ0) is 17.6. The van der Waals surface area contributed by atoms with Crippen LogP contribution in [-0.2, 0) is 7.05 Å². The standard InChI is InChI=1S/C18H19N5O2/c1-23-12-13(11-20-23)21-18(24)22-17(15-8-5-6-10-19-15)14-7-3-4-9-16(14)25-2/h3-12,17H,1-2H3,(H2,21,22,24). The van der Waals surface area contributed by atoms with Gasteiger partial charge in [-0.15, -0.1) is 0 Å². The van der Waals surface area contributed by atoms with Crippen LogP contribution in [-0.4, -0.2) is 27.9 Å². The normalized spacial score (nSPS) is 11.6. The molecule has 0 spiro atoms. The molecule has 3 rings (SSSR count). The molecule has 128 valence electrons. The van der Waals surface area contributed by atoms with Gasteiger partial charge in [-0.1, -0.05) is 24.3 Å². The summed E-state index contributed by atoms with van der Waals surface area (Å²) in [6, 6.07) is 12.3. The zero-order valence-electron chi connectivity index (χ0n) is 14.0. The van der Waals surface area contributed by atoms with E-state index >= 15 is 0 Å². The maximum absolute atomic E-state index is 12.5. The summed E-state index contributed by atoms with van der Waals surface area (Å²) in [6.07, 6.45) is 5.00. The first-order chi connectivity index (χ1) is 12.2. The van der Waals surface area contributed by atoms with Crippen molar-refractivity contribution in [3.8, 4) is 5.75 Å². The van der Waals surface area contributed by atoms with E-state index in [0.29, 0.717) is 17.1 Å². The number of anilines is 1. The van der Waals surface area contributed by atoms with Crippen molar-refractivity contribution in [2.75, 3.05) is 12.4 Å². The molecule has 0 saturated heterocycles. The Balaban J connectivity index is 1.88. The Morgan fingerprint density at radius 2 is 2.00 bits per heavy atom. The van der Waals surface area contributed by atoms with E-state index in [9.17, 15) is 4.79 Å². The largest absolute Gasteiger partial charge is 0.496 e. The fraction of sp³-hybridized carbons (Fsp3) is 0.167. The quantitative estimate of drug-likeness (QED) is 0.750. The minimum atomic E-state index is -0.450. The smallest absolute Gasteiger partial charge is 0.320 e. The third-order valence-electron chi connectivity index (χ3n) is 3.67. The first-order valence-electron chi connectivity index (χ1n) is 7.77. The Kier molecular flexibility index (Phi) is 4.94. The predicted octanol–water partition coefficient (Wildman–Crippen LogP) is 2.73. The molecule has 2 heterocycles. The van der Waals surface area contributed by atoms with Gasteiger partial charge in [-0.2, -0.15) is 5.10 Å². The molecule has 0 aliphatic rings. The van der Waals surface area contributed by atoms with Crippen molar-refractivity contribution in [2.24, 2.45) is 7.05 Å². The molecule has 0 bridgehead atoms. The highest BCUT2D eigenvalue weighted by molar-refractivity contribution is 5.89. The molecule has 7 nitrogen and oxygen atoms in total. The van der Waals surface area contributed by atoms with E-state index in [0.717, 1.165) is 5.56 Å². The van der Waals surface area contributed by atoms with Crippen LogP contribution in [0.4, 0.5) is 10.5 Å². The number of rotatable bonds is 5. The van der Waals surface area contributed by atoms with Crippen molar-refractivity contribution < 1.29 is 9.53 Å². The molecule has 0 fully saturated rings. The number of carbonyl (C=O) groups excluding carboxylic acids is 1. The van der Waals surface area contributed by atoms with Gasteiger partial charge in [-0.05, 0) is 18.2 Å². The van der Waals surface area contributed by atoms with Crippen molar-refractivity contribution in [3.05, 3.63) is 72.3 Å². The number of aryl methyl sites for hydroxylation is 1. The highest BCUT2D eigenvalue weighted by Crippen LogP contribution is 2.28. The molecule has 2 aromatic heterocycles. The molecule has 1 unspecified atom stereocenters. The summed E-state index contributed by atoms with van der Waals surface area (Å²) in [4.78, 5) is 16.8. The van der Waals surface area contributed by atoms with E-state index < -0.39 is 6.04 Å². The maximum Gasteiger partial charge on any atom is 0.320 e. The molecule has 1 atom stereocenters. The average molecular weight is 337 g/mol. The van der Waals surface area contributed by atoms with Crippen molar-refractivity contribution in [1.29, 1.82) is 0 Å². The van der Waals surface area contributed by atoms with E-state index in [2.05, 4.69) is 20.7 Å². The Morgan fingerprint density at radius 1 is 1.20 bits per heavy atom.